The van der Waals surface area contributed by atoms with E-state index in [1.54, 1.807) is 29.2 Å². The van der Waals surface area contributed by atoms with Crippen molar-refractivity contribution in [3.05, 3.63) is 58.1 Å². The largest absolute Gasteiger partial charge is 0.507 e. The lowest BCUT2D eigenvalue weighted by Crippen LogP contribution is -2.45. The van der Waals surface area contributed by atoms with Crippen LogP contribution in [0.4, 0.5) is 4.79 Å². The molecule has 168 valence electrons. The summed E-state index contributed by atoms with van der Waals surface area (Å²) in [7, 11) is 0. The van der Waals surface area contributed by atoms with Crippen molar-refractivity contribution in [2.24, 2.45) is 11.7 Å². The number of hydrogen-bond acceptors (Lipinski definition) is 5. The second-order valence-electron chi connectivity index (χ2n) is 8.05. The maximum atomic E-state index is 12.5. The number of nitrogens with zero attached hydrogens (tertiary/aromatic N) is 1. The lowest BCUT2D eigenvalue weighted by atomic mass is 9.83. The highest BCUT2D eigenvalue weighted by atomic mass is 35.5. The van der Waals surface area contributed by atoms with Crippen LogP contribution >= 0.6 is 24.0 Å². The number of rotatable bonds is 3. The molecule has 2 aliphatic heterocycles. The van der Waals surface area contributed by atoms with Gasteiger partial charge in [-0.3, -0.25) is 0 Å². The molecule has 8 heteroatoms. The number of hydrogen-bond donors (Lipinski definition) is 2. The zero-order valence-electron chi connectivity index (χ0n) is 17.4. The Morgan fingerprint density at radius 1 is 1.23 bits per heavy atom. The fourth-order valence-corrected chi connectivity index (χ4v) is 4.53. The monoisotopic (exact) mass is 466 g/mol. The molecule has 3 N–H and O–H groups in total. The number of aromatic hydroxyl groups is 1. The molecule has 0 spiro atoms. The van der Waals surface area contributed by atoms with Crippen molar-refractivity contribution in [1.82, 2.24) is 4.90 Å². The molecule has 2 atom stereocenters. The van der Waals surface area contributed by atoms with Crippen LogP contribution in [0.3, 0.4) is 0 Å². The molecular formula is C23H28Cl2N2O4. The maximum Gasteiger partial charge on any atom is 0.415 e. The number of piperidine rings is 1. The zero-order chi connectivity index (χ0) is 21.3. The SMILES string of the molecule is Cc1ccc2c(c1O)C[C@@H](C1CCN(C(=O)Oc3ccc(Cl)cc3)CC1)O[C@H]2CN.Cl. The summed E-state index contributed by atoms with van der Waals surface area (Å²) in [5.41, 5.74) is 8.76. The van der Waals surface area contributed by atoms with Crippen molar-refractivity contribution >= 4 is 30.1 Å². The van der Waals surface area contributed by atoms with Crippen molar-refractivity contribution in [3.63, 3.8) is 0 Å². The van der Waals surface area contributed by atoms with E-state index in [0.29, 0.717) is 48.5 Å². The lowest BCUT2D eigenvalue weighted by Gasteiger charge is -2.40. The van der Waals surface area contributed by atoms with E-state index in [9.17, 15) is 9.90 Å². The summed E-state index contributed by atoms with van der Waals surface area (Å²) in [6, 6.07) is 10.7. The third-order valence-electron chi connectivity index (χ3n) is 6.17. The molecule has 1 saturated heterocycles. The van der Waals surface area contributed by atoms with Crippen LogP contribution in [0.15, 0.2) is 36.4 Å². The van der Waals surface area contributed by atoms with Crippen LogP contribution in [-0.4, -0.2) is 41.8 Å². The van der Waals surface area contributed by atoms with Crippen molar-refractivity contribution in [3.8, 4) is 11.5 Å². The summed E-state index contributed by atoms with van der Waals surface area (Å²) >= 11 is 5.87. The first kappa shape index (κ1) is 23.7. The number of phenolic OH excluding ortho intramolecular Hbond substituents is 1. The molecule has 2 heterocycles. The number of nitrogens with two attached hydrogens (primary N) is 1. The number of carbonyl (C=O) groups excluding carboxylic acids is 1. The summed E-state index contributed by atoms with van der Waals surface area (Å²) < 4.78 is 11.8. The third kappa shape index (κ3) is 5.09. The smallest absolute Gasteiger partial charge is 0.415 e. The highest BCUT2D eigenvalue weighted by molar-refractivity contribution is 6.30. The van der Waals surface area contributed by atoms with Gasteiger partial charge >= 0.3 is 6.09 Å². The Hall–Kier alpha value is -1.99. The van der Waals surface area contributed by atoms with Crippen LogP contribution in [0.2, 0.25) is 5.02 Å². The molecule has 0 aliphatic carbocycles. The van der Waals surface area contributed by atoms with Crippen LogP contribution in [-0.2, 0) is 11.2 Å². The van der Waals surface area contributed by atoms with Crippen LogP contribution in [0.1, 0.15) is 35.6 Å². The summed E-state index contributed by atoms with van der Waals surface area (Å²) in [5.74, 6) is 1.13. The van der Waals surface area contributed by atoms with Gasteiger partial charge in [0.2, 0.25) is 0 Å². The van der Waals surface area contributed by atoms with Crippen molar-refractivity contribution in [2.75, 3.05) is 19.6 Å². The second-order valence-corrected chi connectivity index (χ2v) is 8.48. The quantitative estimate of drug-likeness (QED) is 0.688. The minimum atomic E-state index is -0.348. The van der Waals surface area contributed by atoms with E-state index in [1.807, 2.05) is 19.1 Å². The maximum absolute atomic E-state index is 12.5. The average Bonchev–Trinajstić information content (AvgIpc) is 2.77. The summed E-state index contributed by atoms with van der Waals surface area (Å²) in [6.45, 7) is 3.49. The van der Waals surface area contributed by atoms with Gasteiger partial charge in [-0.15, -0.1) is 12.4 Å². The molecule has 6 nitrogen and oxygen atoms in total. The van der Waals surface area contributed by atoms with Crippen LogP contribution in [0.25, 0.3) is 0 Å². The van der Waals surface area contributed by atoms with E-state index in [1.165, 1.54) is 0 Å². The van der Waals surface area contributed by atoms with Gasteiger partial charge in [-0.2, -0.15) is 0 Å². The normalized spacial score (nSPS) is 21.2. The standard InChI is InChI=1S/C23H27ClN2O4.ClH/c1-14-2-7-18-19(22(14)27)12-20(30-21(18)13-25)15-8-10-26(11-9-15)23(28)29-17-5-3-16(24)4-6-17;/h2-7,15,20-21,27H,8-13,25H2,1H3;1H/t20-,21-;/m0./s1. The van der Waals surface area contributed by atoms with Gasteiger partial charge in [0.25, 0.3) is 0 Å². The predicted molar refractivity (Wildman–Crippen MR) is 122 cm³/mol. The van der Waals surface area contributed by atoms with Gasteiger partial charge in [-0.25, -0.2) is 4.79 Å². The number of carbonyl (C=O) groups is 1. The van der Waals surface area contributed by atoms with Crippen molar-refractivity contribution < 1.29 is 19.4 Å². The van der Waals surface area contributed by atoms with E-state index in [2.05, 4.69) is 0 Å². The molecule has 0 saturated carbocycles. The van der Waals surface area contributed by atoms with Crippen LogP contribution in [0, 0.1) is 12.8 Å². The van der Waals surface area contributed by atoms with Gasteiger partial charge in [-0.1, -0.05) is 23.7 Å². The molecule has 4 rings (SSSR count). The van der Waals surface area contributed by atoms with E-state index < -0.39 is 0 Å². The highest BCUT2D eigenvalue weighted by Crippen LogP contribution is 2.40. The van der Waals surface area contributed by atoms with Gasteiger partial charge in [0.1, 0.15) is 11.5 Å². The van der Waals surface area contributed by atoms with Gasteiger partial charge < -0.3 is 25.2 Å². The molecule has 1 fully saturated rings. The minimum Gasteiger partial charge on any atom is -0.507 e. The molecule has 0 unspecified atom stereocenters. The minimum absolute atomic E-state index is 0. The summed E-state index contributed by atoms with van der Waals surface area (Å²) in [5, 5.41) is 11.2. The lowest BCUT2D eigenvalue weighted by molar-refractivity contribution is -0.0633. The van der Waals surface area contributed by atoms with Gasteiger partial charge in [0.05, 0.1) is 12.2 Å². The number of fused-ring (bicyclic) bond motifs is 1. The summed E-state index contributed by atoms with van der Waals surface area (Å²) in [4.78, 5) is 14.2. The first-order valence-corrected chi connectivity index (χ1v) is 10.7. The number of amides is 1. The van der Waals surface area contributed by atoms with E-state index in [-0.39, 0.29) is 30.7 Å². The Morgan fingerprint density at radius 3 is 2.55 bits per heavy atom. The molecular weight excluding hydrogens is 439 g/mol. The van der Waals surface area contributed by atoms with Crippen molar-refractivity contribution in [1.29, 1.82) is 0 Å². The molecule has 31 heavy (non-hydrogen) atoms. The number of phenols is 1. The van der Waals surface area contributed by atoms with Gasteiger partial charge in [0.15, 0.2) is 0 Å². The molecule has 0 bridgehead atoms. The zero-order valence-corrected chi connectivity index (χ0v) is 19.0. The van der Waals surface area contributed by atoms with Crippen molar-refractivity contribution in [2.45, 2.75) is 38.4 Å². The molecule has 2 aromatic carbocycles. The van der Waals surface area contributed by atoms with Crippen LogP contribution in [0.5, 0.6) is 11.5 Å². The van der Waals surface area contributed by atoms with E-state index in [4.69, 9.17) is 26.8 Å². The Morgan fingerprint density at radius 2 is 1.90 bits per heavy atom. The first-order chi connectivity index (χ1) is 14.5. The number of halogens is 2. The average molecular weight is 467 g/mol. The predicted octanol–water partition coefficient (Wildman–Crippen LogP) is 4.63. The van der Waals surface area contributed by atoms with Crippen LogP contribution < -0.4 is 10.5 Å². The number of likely N-dealkylation sites (tertiary alicyclic amines) is 1. The molecule has 2 aromatic rings. The Labute approximate surface area is 193 Å². The van der Waals surface area contributed by atoms with Gasteiger partial charge in [0, 0.05) is 36.6 Å². The fourth-order valence-electron chi connectivity index (χ4n) is 4.40. The van der Waals surface area contributed by atoms with E-state index >= 15 is 0 Å². The first-order valence-electron chi connectivity index (χ1n) is 10.4. The Balaban J connectivity index is 0.00000272. The third-order valence-corrected chi connectivity index (χ3v) is 6.42. The Bertz CT molecular complexity index is 915. The molecule has 2 aliphatic rings. The second kappa shape index (κ2) is 10.1. The fraction of sp³-hybridized carbons (Fsp3) is 0.435. The summed E-state index contributed by atoms with van der Waals surface area (Å²) in [6.07, 6.45) is 1.73. The number of ether oxygens (including phenoxy) is 2. The topological polar surface area (TPSA) is 85.0 Å². The molecule has 1 amide bonds. The molecule has 0 aromatic heterocycles. The number of benzene rings is 2. The number of aryl methyl sites for hydroxylation is 1. The van der Waals surface area contributed by atoms with Gasteiger partial charge in [-0.05, 0) is 61.1 Å². The molecule has 0 radical (unpaired) electrons. The van der Waals surface area contributed by atoms with E-state index in [0.717, 1.165) is 29.5 Å². The Kier molecular flexibility index (Phi) is 7.70. The highest BCUT2D eigenvalue weighted by Gasteiger charge is 2.36.